The summed E-state index contributed by atoms with van der Waals surface area (Å²) in [5.74, 6) is -0.378. The fraction of sp³-hybridized carbons (Fsp3) is 0.250. The van der Waals surface area contributed by atoms with E-state index in [-0.39, 0.29) is 16.9 Å². The van der Waals surface area contributed by atoms with Crippen LogP contribution in [0.1, 0.15) is 11.1 Å². The SMILES string of the molecule is CNC(Cc1ccccc1Cl)Cc1cccc(F)c1Cl. The van der Waals surface area contributed by atoms with E-state index in [1.54, 1.807) is 6.07 Å². The van der Waals surface area contributed by atoms with Gasteiger partial charge in [-0.05, 0) is 43.1 Å². The van der Waals surface area contributed by atoms with Crippen LogP contribution in [0.15, 0.2) is 42.5 Å². The molecule has 106 valence electrons. The van der Waals surface area contributed by atoms with Crippen LogP contribution >= 0.6 is 23.2 Å². The monoisotopic (exact) mass is 311 g/mol. The minimum Gasteiger partial charge on any atom is -0.316 e. The second-order valence-electron chi connectivity index (χ2n) is 4.70. The van der Waals surface area contributed by atoms with E-state index in [9.17, 15) is 4.39 Å². The highest BCUT2D eigenvalue weighted by atomic mass is 35.5. The lowest BCUT2D eigenvalue weighted by Crippen LogP contribution is -2.30. The third-order valence-electron chi connectivity index (χ3n) is 3.33. The van der Waals surface area contributed by atoms with Crippen LogP contribution in [-0.2, 0) is 12.8 Å². The van der Waals surface area contributed by atoms with Crippen molar-refractivity contribution in [2.24, 2.45) is 0 Å². The lowest BCUT2D eigenvalue weighted by Gasteiger charge is -2.18. The Labute approximate surface area is 128 Å². The molecule has 2 aromatic rings. The molecule has 1 nitrogen and oxygen atoms in total. The molecule has 2 rings (SSSR count). The van der Waals surface area contributed by atoms with E-state index in [0.717, 1.165) is 22.6 Å². The third-order valence-corrected chi connectivity index (χ3v) is 4.12. The summed E-state index contributed by atoms with van der Waals surface area (Å²) in [5.41, 5.74) is 1.87. The number of likely N-dealkylation sites (N-methyl/N-ethyl adjacent to an activating group) is 1. The number of hydrogen-bond donors (Lipinski definition) is 1. The van der Waals surface area contributed by atoms with Gasteiger partial charge in [-0.15, -0.1) is 0 Å². The van der Waals surface area contributed by atoms with Crippen LogP contribution in [0.4, 0.5) is 4.39 Å². The van der Waals surface area contributed by atoms with Crippen molar-refractivity contribution in [3.63, 3.8) is 0 Å². The number of nitrogens with one attached hydrogen (secondary N) is 1. The minimum absolute atomic E-state index is 0.147. The van der Waals surface area contributed by atoms with Crippen LogP contribution in [0.5, 0.6) is 0 Å². The molecule has 1 N–H and O–H groups in total. The zero-order valence-electron chi connectivity index (χ0n) is 11.2. The first-order chi connectivity index (χ1) is 9.61. The number of hydrogen-bond acceptors (Lipinski definition) is 1. The fourth-order valence-electron chi connectivity index (χ4n) is 2.18. The maximum atomic E-state index is 13.5. The van der Waals surface area contributed by atoms with Crippen LogP contribution in [0.25, 0.3) is 0 Å². The summed E-state index contributed by atoms with van der Waals surface area (Å²) in [6.07, 6.45) is 1.42. The van der Waals surface area contributed by atoms with Crippen LogP contribution in [-0.4, -0.2) is 13.1 Å². The summed E-state index contributed by atoms with van der Waals surface area (Å²) in [5, 5.41) is 4.18. The lowest BCUT2D eigenvalue weighted by atomic mass is 9.99. The Kier molecular flexibility index (Phi) is 5.41. The Hall–Kier alpha value is -1.09. The molecule has 0 saturated heterocycles. The summed E-state index contributed by atoms with van der Waals surface area (Å²) >= 11 is 12.2. The van der Waals surface area contributed by atoms with Crippen molar-refractivity contribution in [1.29, 1.82) is 0 Å². The topological polar surface area (TPSA) is 12.0 Å². The van der Waals surface area contributed by atoms with Gasteiger partial charge in [-0.2, -0.15) is 0 Å². The maximum Gasteiger partial charge on any atom is 0.142 e. The zero-order valence-corrected chi connectivity index (χ0v) is 12.7. The molecule has 0 bridgehead atoms. The number of benzene rings is 2. The van der Waals surface area contributed by atoms with E-state index < -0.39 is 0 Å². The van der Waals surface area contributed by atoms with Crippen molar-refractivity contribution in [2.75, 3.05) is 7.05 Å². The zero-order chi connectivity index (χ0) is 14.5. The maximum absolute atomic E-state index is 13.5. The van der Waals surface area contributed by atoms with Gasteiger partial charge in [0.2, 0.25) is 0 Å². The van der Waals surface area contributed by atoms with Gasteiger partial charge in [-0.25, -0.2) is 4.39 Å². The van der Waals surface area contributed by atoms with E-state index in [1.807, 2.05) is 37.4 Å². The molecule has 0 aliphatic heterocycles. The average molecular weight is 312 g/mol. The Morgan fingerprint density at radius 1 is 1.00 bits per heavy atom. The van der Waals surface area contributed by atoms with Gasteiger partial charge >= 0.3 is 0 Å². The molecule has 0 radical (unpaired) electrons. The number of halogens is 3. The molecule has 0 saturated carbocycles. The second kappa shape index (κ2) is 7.07. The molecule has 0 aromatic heterocycles. The highest BCUT2D eigenvalue weighted by molar-refractivity contribution is 6.31. The third kappa shape index (κ3) is 3.72. The normalized spacial score (nSPS) is 12.4. The fourth-order valence-corrected chi connectivity index (χ4v) is 2.59. The van der Waals surface area contributed by atoms with Crippen molar-refractivity contribution < 1.29 is 4.39 Å². The number of rotatable bonds is 5. The molecule has 0 spiro atoms. The molecule has 0 heterocycles. The highest BCUT2D eigenvalue weighted by Crippen LogP contribution is 2.23. The van der Waals surface area contributed by atoms with E-state index in [4.69, 9.17) is 23.2 Å². The predicted molar refractivity (Wildman–Crippen MR) is 83.1 cm³/mol. The van der Waals surface area contributed by atoms with Gasteiger partial charge in [0.1, 0.15) is 5.82 Å². The van der Waals surface area contributed by atoms with Crippen molar-refractivity contribution in [3.05, 3.63) is 69.5 Å². The largest absolute Gasteiger partial charge is 0.316 e. The van der Waals surface area contributed by atoms with Crippen LogP contribution in [0, 0.1) is 5.82 Å². The Morgan fingerprint density at radius 2 is 1.65 bits per heavy atom. The van der Waals surface area contributed by atoms with E-state index in [1.165, 1.54) is 6.07 Å². The van der Waals surface area contributed by atoms with Gasteiger partial charge in [0.05, 0.1) is 5.02 Å². The minimum atomic E-state index is -0.378. The molecule has 0 aliphatic rings. The van der Waals surface area contributed by atoms with Gasteiger partial charge in [0.15, 0.2) is 0 Å². The van der Waals surface area contributed by atoms with Gasteiger partial charge in [-0.1, -0.05) is 53.5 Å². The second-order valence-corrected chi connectivity index (χ2v) is 5.48. The van der Waals surface area contributed by atoms with Crippen LogP contribution in [0.3, 0.4) is 0 Å². The van der Waals surface area contributed by atoms with Crippen molar-refractivity contribution >= 4 is 23.2 Å². The van der Waals surface area contributed by atoms with Gasteiger partial charge in [0, 0.05) is 11.1 Å². The van der Waals surface area contributed by atoms with Crippen molar-refractivity contribution in [1.82, 2.24) is 5.32 Å². The average Bonchev–Trinajstić information content (AvgIpc) is 2.45. The molecule has 4 heteroatoms. The van der Waals surface area contributed by atoms with Gasteiger partial charge in [0.25, 0.3) is 0 Å². The molecule has 0 amide bonds. The molecule has 1 unspecified atom stereocenters. The molecule has 1 atom stereocenters. The predicted octanol–water partition coefficient (Wildman–Crippen LogP) is 4.51. The van der Waals surface area contributed by atoms with E-state index in [2.05, 4.69) is 5.32 Å². The van der Waals surface area contributed by atoms with Crippen LogP contribution < -0.4 is 5.32 Å². The smallest absolute Gasteiger partial charge is 0.142 e. The first kappa shape index (κ1) is 15.3. The Balaban J connectivity index is 2.14. The van der Waals surface area contributed by atoms with Crippen molar-refractivity contribution in [3.8, 4) is 0 Å². The van der Waals surface area contributed by atoms with E-state index >= 15 is 0 Å². The first-order valence-electron chi connectivity index (χ1n) is 6.45. The van der Waals surface area contributed by atoms with Gasteiger partial charge < -0.3 is 5.32 Å². The summed E-state index contributed by atoms with van der Waals surface area (Å²) in [7, 11) is 1.88. The Morgan fingerprint density at radius 3 is 2.35 bits per heavy atom. The summed E-state index contributed by atoms with van der Waals surface area (Å²) in [6, 6.07) is 12.8. The molecule has 2 aromatic carbocycles. The summed E-state index contributed by atoms with van der Waals surface area (Å²) < 4.78 is 13.5. The molecule has 20 heavy (non-hydrogen) atoms. The highest BCUT2D eigenvalue weighted by Gasteiger charge is 2.14. The van der Waals surface area contributed by atoms with E-state index in [0.29, 0.717) is 6.42 Å². The summed E-state index contributed by atoms with van der Waals surface area (Å²) in [4.78, 5) is 0. The quantitative estimate of drug-likeness (QED) is 0.857. The molecule has 0 aliphatic carbocycles. The Bertz CT molecular complexity index is 586. The molecule has 0 fully saturated rings. The summed E-state index contributed by atoms with van der Waals surface area (Å²) in [6.45, 7) is 0. The van der Waals surface area contributed by atoms with Crippen molar-refractivity contribution in [2.45, 2.75) is 18.9 Å². The molecular formula is C16H16Cl2FN. The standard InChI is InChI=1S/C16H16Cl2FN/c1-20-13(9-11-5-2-3-7-14(11)17)10-12-6-4-8-15(19)16(12)18/h2-8,13,20H,9-10H2,1H3. The first-order valence-corrected chi connectivity index (χ1v) is 7.21. The van der Waals surface area contributed by atoms with Crippen LogP contribution in [0.2, 0.25) is 10.0 Å². The van der Waals surface area contributed by atoms with Gasteiger partial charge in [-0.3, -0.25) is 0 Å². The lowest BCUT2D eigenvalue weighted by molar-refractivity contribution is 0.553. The molecular weight excluding hydrogens is 296 g/mol.